The van der Waals surface area contributed by atoms with Gasteiger partial charge in [0.15, 0.2) is 0 Å². The van der Waals surface area contributed by atoms with Crippen molar-refractivity contribution in [3.8, 4) is 6.07 Å². The zero-order valence-electron chi connectivity index (χ0n) is 11.8. The summed E-state index contributed by atoms with van der Waals surface area (Å²) in [6.07, 6.45) is 8.44. The number of likely N-dealkylation sites (tertiary alicyclic amines) is 1. The van der Waals surface area contributed by atoms with Crippen molar-refractivity contribution in [2.24, 2.45) is 17.8 Å². The summed E-state index contributed by atoms with van der Waals surface area (Å²) in [6.45, 7) is 6.31. The van der Waals surface area contributed by atoms with Crippen LogP contribution in [0.2, 0.25) is 0 Å². The minimum Gasteiger partial charge on any atom is -0.342 e. The predicted octanol–water partition coefficient (Wildman–Crippen LogP) is 2.91. The molecule has 1 saturated heterocycles. The number of rotatable bonds is 2. The SMILES string of the molecule is CC(C)C1CCN(C(=O)C2C=CC(C#N)=CC2)CC1. The topological polar surface area (TPSA) is 44.1 Å². The lowest BCUT2D eigenvalue weighted by Crippen LogP contribution is -2.42. The van der Waals surface area contributed by atoms with Gasteiger partial charge in [-0.05, 0) is 37.2 Å². The maximum Gasteiger partial charge on any atom is 0.229 e. The summed E-state index contributed by atoms with van der Waals surface area (Å²) in [4.78, 5) is 14.4. The first-order chi connectivity index (χ1) is 9.11. The Balaban J connectivity index is 1.88. The summed E-state index contributed by atoms with van der Waals surface area (Å²) in [6, 6.07) is 2.11. The number of amides is 1. The van der Waals surface area contributed by atoms with Crippen LogP contribution in [0.25, 0.3) is 0 Å². The Morgan fingerprint density at radius 1 is 1.42 bits per heavy atom. The molecule has 1 aliphatic carbocycles. The van der Waals surface area contributed by atoms with Crippen molar-refractivity contribution in [1.29, 1.82) is 5.26 Å². The lowest BCUT2D eigenvalue weighted by atomic mass is 9.86. The zero-order chi connectivity index (χ0) is 13.8. The predicted molar refractivity (Wildman–Crippen MR) is 75.1 cm³/mol. The summed E-state index contributed by atoms with van der Waals surface area (Å²) in [5.41, 5.74) is 0.669. The number of hydrogen-bond acceptors (Lipinski definition) is 2. The van der Waals surface area contributed by atoms with Crippen LogP contribution in [-0.4, -0.2) is 23.9 Å². The second-order valence-corrected chi connectivity index (χ2v) is 5.88. The molecule has 102 valence electrons. The number of hydrogen-bond donors (Lipinski definition) is 0. The van der Waals surface area contributed by atoms with E-state index in [0.29, 0.717) is 17.9 Å². The van der Waals surface area contributed by atoms with E-state index in [1.807, 2.05) is 17.1 Å². The number of nitrogens with zero attached hydrogens (tertiary/aromatic N) is 2. The number of piperidine rings is 1. The van der Waals surface area contributed by atoms with Crippen LogP contribution in [0, 0.1) is 29.1 Å². The minimum atomic E-state index is -0.0623. The van der Waals surface area contributed by atoms with Crippen LogP contribution in [-0.2, 0) is 4.79 Å². The van der Waals surface area contributed by atoms with Crippen LogP contribution in [0.5, 0.6) is 0 Å². The smallest absolute Gasteiger partial charge is 0.229 e. The first-order valence-electron chi connectivity index (χ1n) is 7.19. The minimum absolute atomic E-state index is 0.0623. The fourth-order valence-electron chi connectivity index (χ4n) is 2.91. The highest BCUT2D eigenvalue weighted by atomic mass is 16.2. The van der Waals surface area contributed by atoms with Crippen molar-refractivity contribution >= 4 is 5.91 Å². The quantitative estimate of drug-likeness (QED) is 0.764. The summed E-state index contributed by atoms with van der Waals surface area (Å²) < 4.78 is 0. The van der Waals surface area contributed by atoms with Crippen LogP contribution >= 0.6 is 0 Å². The molecule has 0 saturated carbocycles. The van der Waals surface area contributed by atoms with Gasteiger partial charge in [0.1, 0.15) is 0 Å². The van der Waals surface area contributed by atoms with Crippen molar-refractivity contribution in [1.82, 2.24) is 4.90 Å². The summed E-state index contributed by atoms with van der Waals surface area (Å²) >= 11 is 0. The first kappa shape index (κ1) is 13.9. The second-order valence-electron chi connectivity index (χ2n) is 5.88. The third kappa shape index (κ3) is 3.26. The highest BCUT2D eigenvalue weighted by Gasteiger charge is 2.28. The highest BCUT2D eigenvalue weighted by molar-refractivity contribution is 5.81. The average Bonchev–Trinajstić information content (AvgIpc) is 2.46. The van der Waals surface area contributed by atoms with E-state index < -0.39 is 0 Å². The van der Waals surface area contributed by atoms with E-state index >= 15 is 0 Å². The van der Waals surface area contributed by atoms with Crippen LogP contribution in [0.15, 0.2) is 23.8 Å². The molecule has 0 aromatic carbocycles. The maximum atomic E-state index is 12.4. The largest absolute Gasteiger partial charge is 0.342 e. The molecule has 1 atom stereocenters. The second kappa shape index (κ2) is 6.06. The van der Waals surface area contributed by atoms with Crippen LogP contribution in [0.1, 0.15) is 33.1 Å². The Labute approximate surface area is 115 Å². The van der Waals surface area contributed by atoms with Gasteiger partial charge in [0.25, 0.3) is 0 Å². The van der Waals surface area contributed by atoms with E-state index in [-0.39, 0.29) is 11.8 Å². The lowest BCUT2D eigenvalue weighted by molar-refractivity contribution is -0.135. The molecule has 0 radical (unpaired) electrons. The third-order valence-corrected chi connectivity index (χ3v) is 4.34. The molecule has 1 fully saturated rings. The molecular formula is C16H22N2O. The van der Waals surface area contributed by atoms with Gasteiger partial charge in [0, 0.05) is 18.7 Å². The molecule has 0 N–H and O–H groups in total. The molecule has 1 amide bonds. The molecule has 2 aliphatic rings. The molecule has 1 unspecified atom stereocenters. The van der Waals surface area contributed by atoms with E-state index in [1.54, 1.807) is 6.08 Å². The highest BCUT2D eigenvalue weighted by Crippen LogP contribution is 2.26. The summed E-state index contributed by atoms with van der Waals surface area (Å²) in [5.74, 6) is 1.64. The molecule has 3 heteroatoms. The standard InChI is InChI=1S/C16H22N2O/c1-12(2)14-7-9-18(10-8-14)16(19)15-5-3-13(11-17)4-6-15/h3-5,12,14-15H,6-10H2,1-2H3. The Hall–Kier alpha value is -1.56. The molecular weight excluding hydrogens is 236 g/mol. The molecule has 2 rings (SSSR count). The third-order valence-electron chi connectivity index (χ3n) is 4.34. The van der Waals surface area contributed by atoms with Crippen molar-refractivity contribution in [3.05, 3.63) is 23.8 Å². The van der Waals surface area contributed by atoms with Gasteiger partial charge >= 0.3 is 0 Å². The van der Waals surface area contributed by atoms with Crippen LogP contribution < -0.4 is 0 Å². The lowest BCUT2D eigenvalue weighted by Gasteiger charge is -2.35. The van der Waals surface area contributed by atoms with Crippen molar-refractivity contribution in [3.63, 3.8) is 0 Å². The van der Waals surface area contributed by atoms with Gasteiger partial charge in [-0.15, -0.1) is 0 Å². The fourth-order valence-corrected chi connectivity index (χ4v) is 2.91. The van der Waals surface area contributed by atoms with E-state index in [4.69, 9.17) is 5.26 Å². The van der Waals surface area contributed by atoms with E-state index in [9.17, 15) is 4.79 Å². The Morgan fingerprint density at radius 2 is 2.11 bits per heavy atom. The summed E-state index contributed by atoms with van der Waals surface area (Å²) in [7, 11) is 0. The fraction of sp³-hybridized carbons (Fsp3) is 0.625. The van der Waals surface area contributed by atoms with Crippen molar-refractivity contribution in [2.75, 3.05) is 13.1 Å². The molecule has 0 aromatic rings. The molecule has 0 spiro atoms. The normalized spacial score (nSPS) is 24.2. The maximum absolute atomic E-state index is 12.4. The monoisotopic (exact) mass is 258 g/mol. The van der Waals surface area contributed by atoms with Crippen molar-refractivity contribution < 1.29 is 4.79 Å². The number of allylic oxidation sites excluding steroid dienone is 3. The Morgan fingerprint density at radius 3 is 2.58 bits per heavy atom. The molecule has 1 aliphatic heterocycles. The molecule has 1 heterocycles. The van der Waals surface area contributed by atoms with Crippen molar-refractivity contribution in [2.45, 2.75) is 33.1 Å². The van der Waals surface area contributed by atoms with E-state index in [1.165, 1.54) is 0 Å². The van der Waals surface area contributed by atoms with Crippen LogP contribution in [0.4, 0.5) is 0 Å². The van der Waals surface area contributed by atoms with Gasteiger partial charge < -0.3 is 4.90 Å². The molecule has 0 aromatic heterocycles. The van der Waals surface area contributed by atoms with Gasteiger partial charge in [-0.1, -0.05) is 26.0 Å². The molecule has 0 bridgehead atoms. The number of carbonyl (C=O) groups excluding carboxylic acids is 1. The van der Waals surface area contributed by atoms with E-state index in [0.717, 1.165) is 31.8 Å². The van der Waals surface area contributed by atoms with Gasteiger partial charge in [0.2, 0.25) is 5.91 Å². The first-order valence-corrected chi connectivity index (χ1v) is 7.19. The number of nitriles is 1. The molecule has 19 heavy (non-hydrogen) atoms. The van der Waals surface area contributed by atoms with Crippen LogP contribution in [0.3, 0.4) is 0 Å². The average molecular weight is 258 g/mol. The zero-order valence-corrected chi connectivity index (χ0v) is 11.8. The van der Waals surface area contributed by atoms with E-state index in [2.05, 4.69) is 19.9 Å². The molecule has 3 nitrogen and oxygen atoms in total. The van der Waals surface area contributed by atoms with Gasteiger partial charge in [0.05, 0.1) is 12.0 Å². The van der Waals surface area contributed by atoms with Gasteiger partial charge in [-0.3, -0.25) is 4.79 Å². The summed E-state index contributed by atoms with van der Waals surface area (Å²) in [5, 5.41) is 8.78. The van der Waals surface area contributed by atoms with Gasteiger partial charge in [-0.25, -0.2) is 0 Å². The number of carbonyl (C=O) groups is 1. The Kier molecular flexibility index (Phi) is 4.42. The van der Waals surface area contributed by atoms with Gasteiger partial charge in [-0.2, -0.15) is 5.26 Å². The Bertz CT molecular complexity index is 434.